The second-order valence-electron chi connectivity index (χ2n) is 5.34. The van der Waals surface area contributed by atoms with E-state index in [-0.39, 0.29) is 17.3 Å². The lowest BCUT2D eigenvalue weighted by Gasteiger charge is -2.17. The van der Waals surface area contributed by atoms with Crippen molar-refractivity contribution < 1.29 is 22.0 Å². The number of rotatable bonds is 4. The molecule has 23 heavy (non-hydrogen) atoms. The number of carbonyl (C=O) groups is 1. The summed E-state index contributed by atoms with van der Waals surface area (Å²) in [5.41, 5.74) is 0.644. The van der Waals surface area contributed by atoms with E-state index in [1.807, 2.05) is 0 Å². The fraction of sp³-hybridized carbons (Fsp3) is 0.462. The fourth-order valence-corrected chi connectivity index (χ4v) is 2.76. The Kier molecular flexibility index (Phi) is 6.08. The molecule has 2 unspecified atom stereocenters. The van der Waals surface area contributed by atoms with Crippen molar-refractivity contribution in [1.82, 2.24) is 10.6 Å². The molecule has 1 fully saturated rings. The van der Waals surface area contributed by atoms with Crippen LogP contribution in [-0.4, -0.2) is 32.8 Å². The maximum Gasteiger partial charge on any atom is 0.262 e. The smallest absolute Gasteiger partial charge is 0.262 e. The van der Waals surface area contributed by atoms with Crippen LogP contribution in [0, 0.1) is 0 Å². The van der Waals surface area contributed by atoms with E-state index in [2.05, 4.69) is 10.6 Å². The number of hydrogen-bond donors (Lipinski definition) is 3. The third kappa shape index (κ3) is 5.10. The molecule has 4 N–H and O–H groups in total. The van der Waals surface area contributed by atoms with E-state index in [9.17, 15) is 22.0 Å². The van der Waals surface area contributed by atoms with Gasteiger partial charge < -0.3 is 5.32 Å². The lowest BCUT2D eigenvalue weighted by atomic mass is 10.1. The van der Waals surface area contributed by atoms with Gasteiger partial charge in [-0.15, -0.1) is 12.4 Å². The first-order valence-corrected chi connectivity index (χ1v) is 8.17. The van der Waals surface area contributed by atoms with E-state index in [0.717, 1.165) is 0 Å². The zero-order valence-corrected chi connectivity index (χ0v) is 13.9. The first-order valence-electron chi connectivity index (χ1n) is 6.63. The third-order valence-corrected chi connectivity index (χ3v) is 4.42. The molecule has 0 aliphatic carbocycles. The number of halogens is 3. The van der Waals surface area contributed by atoms with Crippen LogP contribution in [0.1, 0.15) is 24.9 Å². The molecule has 1 heterocycles. The number of carbonyl (C=O) groups excluding carboxylic acids is 1. The van der Waals surface area contributed by atoms with Gasteiger partial charge in [0.05, 0.1) is 23.5 Å². The van der Waals surface area contributed by atoms with Gasteiger partial charge in [-0.2, -0.15) is 0 Å². The minimum Gasteiger partial charge on any atom is -0.348 e. The molecule has 0 radical (unpaired) electrons. The highest BCUT2D eigenvalue weighted by molar-refractivity contribution is 7.89. The molecular weight excluding hydrogens is 352 g/mol. The fourth-order valence-electron chi connectivity index (χ4n) is 2.24. The summed E-state index contributed by atoms with van der Waals surface area (Å²) in [5.74, 6) is -3.39. The highest BCUT2D eigenvalue weighted by atomic mass is 35.5. The minimum atomic E-state index is -3.78. The summed E-state index contributed by atoms with van der Waals surface area (Å²) in [6.45, 7) is 1.17. The van der Waals surface area contributed by atoms with Gasteiger partial charge >= 0.3 is 0 Å². The predicted octanol–water partition coefficient (Wildman–Crippen LogP) is 0.930. The number of nitrogens with two attached hydrogens (primary N) is 1. The molecule has 1 aromatic carbocycles. The number of sulfonamides is 1. The first-order chi connectivity index (χ1) is 10.1. The summed E-state index contributed by atoms with van der Waals surface area (Å²) in [4.78, 5) is 11.9. The Hall–Kier alpha value is -1.29. The van der Waals surface area contributed by atoms with E-state index < -0.39 is 46.9 Å². The van der Waals surface area contributed by atoms with E-state index in [0.29, 0.717) is 5.56 Å². The quantitative estimate of drug-likeness (QED) is 0.734. The lowest BCUT2D eigenvalue weighted by molar-refractivity contribution is -0.124. The summed E-state index contributed by atoms with van der Waals surface area (Å²) < 4.78 is 48.4. The minimum absolute atomic E-state index is 0. The van der Waals surface area contributed by atoms with Crippen molar-refractivity contribution in [3.8, 4) is 0 Å². The summed E-state index contributed by atoms with van der Waals surface area (Å²) in [5, 5.41) is 10.1. The number of benzene rings is 1. The van der Waals surface area contributed by atoms with Crippen LogP contribution in [0.2, 0.25) is 0 Å². The van der Waals surface area contributed by atoms with Crippen LogP contribution in [0.25, 0.3) is 0 Å². The Morgan fingerprint density at radius 3 is 2.39 bits per heavy atom. The molecule has 1 amide bonds. The van der Waals surface area contributed by atoms with Crippen LogP contribution in [0.15, 0.2) is 29.2 Å². The Morgan fingerprint density at radius 1 is 1.39 bits per heavy atom. The van der Waals surface area contributed by atoms with Crippen molar-refractivity contribution in [3.05, 3.63) is 29.8 Å². The topological polar surface area (TPSA) is 101 Å². The third-order valence-electron chi connectivity index (χ3n) is 3.49. The van der Waals surface area contributed by atoms with Crippen molar-refractivity contribution in [2.24, 2.45) is 5.14 Å². The van der Waals surface area contributed by atoms with E-state index >= 15 is 0 Å². The van der Waals surface area contributed by atoms with Gasteiger partial charge in [-0.3, -0.25) is 10.1 Å². The molecule has 130 valence electrons. The van der Waals surface area contributed by atoms with Crippen molar-refractivity contribution in [1.29, 1.82) is 0 Å². The Balaban J connectivity index is 0.00000264. The van der Waals surface area contributed by atoms with Crippen molar-refractivity contribution in [2.75, 3.05) is 6.54 Å². The van der Waals surface area contributed by atoms with Gasteiger partial charge in [-0.05, 0) is 24.6 Å². The lowest BCUT2D eigenvalue weighted by Crippen LogP contribution is -2.41. The van der Waals surface area contributed by atoms with E-state index in [1.165, 1.54) is 24.3 Å². The summed E-state index contributed by atoms with van der Waals surface area (Å²) >= 11 is 0. The average molecular weight is 370 g/mol. The monoisotopic (exact) mass is 369 g/mol. The normalized spacial score (nSPS) is 21.3. The average Bonchev–Trinajstić information content (AvgIpc) is 2.78. The second kappa shape index (κ2) is 7.08. The van der Waals surface area contributed by atoms with Gasteiger partial charge in [-0.25, -0.2) is 22.3 Å². The van der Waals surface area contributed by atoms with Crippen LogP contribution < -0.4 is 15.8 Å². The Labute approximate surface area is 139 Å². The molecule has 0 bridgehead atoms. The highest BCUT2D eigenvalue weighted by Crippen LogP contribution is 2.25. The molecule has 0 spiro atoms. The van der Waals surface area contributed by atoms with E-state index in [4.69, 9.17) is 5.14 Å². The van der Waals surface area contributed by atoms with Gasteiger partial charge in [-0.1, -0.05) is 12.1 Å². The maximum absolute atomic E-state index is 13.1. The van der Waals surface area contributed by atoms with Crippen molar-refractivity contribution >= 4 is 28.3 Å². The van der Waals surface area contributed by atoms with Crippen LogP contribution in [0.4, 0.5) is 8.78 Å². The Morgan fingerprint density at radius 2 is 1.96 bits per heavy atom. The number of amides is 1. The summed E-state index contributed by atoms with van der Waals surface area (Å²) in [6, 6.07) is 4.31. The second-order valence-corrected chi connectivity index (χ2v) is 6.90. The van der Waals surface area contributed by atoms with Crippen molar-refractivity contribution in [2.45, 2.75) is 36.2 Å². The van der Waals surface area contributed by atoms with Gasteiger partial charge in [0.1, 0.15) is 0 Å². The van der Waals surface area contributed by atoms with Gasteiger partial charge in [0.2, 0.25) is 15.9 Å². The molecule has 10 heteroatoms. The molecule has 6 nitrogen and oxygen atoms in total. The summed E-state index contributed by atoms with van der Waals surface area (Å²) in [7, 11) is -3.78. The molecule has 1 aromatic rings. The molecule has 0 aromatic heterocycles. The van der Waals surface area contributed by atoms with Crippen molar-refractivity contribution in [3.63, 3.8) is 0 Å². The summed E-state index contributed by atoms with van der Waals surface area (Å²) in [6.07, 6.45) is -0.532. The Bertz CT molecular complexity index is 668. The standard InChI is InChI=1S/C13H17F2N3O3S.ClH/c1-8(9-2-4-10(5-3-9)22(16,20)21)18-12(19)11-6-13(14,15)7-17-11;/h2-5,8,11,17H,6-7H2,1H3,(H,18,19)(H2,16,20,21);1H. The molecule has 0 saturated carbocycles. The number of alkyl halides is 2. The number of nitrogens with one attached hydrogen (secondary N) is 2. The first kappa shape index (κ1) is 19.8. The van der Waals surface area contributed by atoms with Gasteiger partial charge in [0.25, 0.3) is 5.92 Å². The number of hydrogen-bond acceptors (Lipinski definition) is 4. The number of primary sulfonamides is 1. The molecular formula is C13H18ClF2N3O3S. The van der Waals surface area contributed by atoms with Crippen LogP contribution in [-0.2, 0) is 14.8 Å². The molecule has 2 rings (SSSR count). The van der Waals surface area contributed by atoms with Gasteiger partial charge in [0, 0.05) is 6.42 Å². The predicted molar refractivity (Wildman–Crippen MR) is 83.0 cm³/mol. The van der Waals surface area contributed by atoms with Crippen LogP contribution >= 0.6 is 12.4 Å². The highest BCUT2D eigenvalue weighted by Gasteiger charge is 2.42. The molecule has 1 aliphatic rings. The van der Waals surface area contributed by atoms with Crippen LogP contribution in [0.3, 0.4) is 0 Å². The zero-order chi connectivity index (χ0) is 16.5. The van der Waals surface area contributed by atoms with Gasteiger partial charge in [0.15, 0.2) is 0 Å². The molecule has 1 saturated heterocycles. The maximum atomic E-state index is 13.1. The largest absolute Gasteiger partial charge is 0.348 e. The molecule has 1 aliphatic heterocycles. The van der Waals surface area contributed by atoms with E-state index in [1.54, 1.807) is 6.92 Å². The SMILES string of the molecule is CC(NC(=O)C1CC(F)(F)CN1)c1ccc(S(N)(=O)=O)cc1.Cl. The molecule has 2 atom stereocenters. The zero-order valence-electron chi connectivity index (χ0n) is 12.3. The van der Waals surface area contributed by atoms with Crippen LogP contribution in [0.5, 0.6) is 0 Å².